The molecule has 0 amide bonds. The Morgan fingerprint density at radius 3 is 2.85 bits per heavy atom. The summed E-state index contributed by atoms with van der Waals surface area (Å²) >= 11 is 0. The van der Waals surface area contributed by atoms with Crippen LogP contribution < -0.4 is 5.32 Å². The Hall–Kier alpha value is -0.120. The van der Waals surface area contributed by atoms with Gasteiger partial charge >= 0.3 is 0 Å². The first-order valence-corrected chi connectivity index (χ1v) is 5.35. The van der Waals surface area contributed by atoms with E-state index in [-0.39, 0.29) is 0 Å². The summed E-state index contributed by atoms with van der Waals surface area (Å²) in [7, 11) is 2.20. The molecule has 0 aromatic rings. The lowest BCUT2D eigenvalue weighted by atomic mass is 10.2. The standard InChI is InChI=1S/C10H20N2O/c1-12(7-9-2-3-9)8-10-6-11-4-5-13-10/h9-11H,2-8H2,1H3/t10-/m1/s1. The van der Waals surface area contributed by atoms with Crippen molar-refractivity contribution in [2.75, 3.05) is 39.8 Å². The highest BCUT2D eigenvalue weighted by molar-refractivity contribution is 4.78. The van der Waals surface area contributed by atoms with Gasteiger partial charge in [0, 0.05) is 26.2 Å². The molecule has 1 N–H and O–H groups in total. The molecule has 1 atom stereocenters. The topological polar surface area (TPSA) is 24.5 Å². The van der Waals surface area contributed by atoms with E-state index in [1.807, 2.05) is 0 Å². The van der Waals surface area contributed by atoms with Crippen LogP contribution in [0.25, 0.3) is 0 Å². The summed E-state index contributed by atoms with van der Waals surface area (Å²) in [4.78, 5) is 2.41. The molecule has 3 heteroatoms. The maximum Gasteiger partial charge on any atom is 0.0826 e. The van der Waals surface area contributed by atoms with Gasteiger partial charge in [0.1, 0.15) is 0 Å². The molecular weight excluding hydrogens is 164 g/mol. The van der Waals surface area contributed by atoms with E-state index in [4.69, 9.17) is 4.74 Å². The highest BCUT2D eigenvalue weighted by atomic mass is 16.5. The second-order valence-corrected chi connectivity index (χ2v) is 4.36. The highest BCUT2D eigenvalue weighted by Gasteiger charge is 2.24. The average molecular weight is 184 g/mol. The van der Waals surface area contributed by atoms with Gasteiger partial charge in [0.05, 0.1) is 12.7 Å². The molecule has 0 aromatic carbocycles. The van der Waals surface area contributed by atoms with Gasteiger partial charge < -0.3 is 15.0 Å². The van der Waals surface area contributed by atoms with Gasteiger partial charge in [-0.2, -0.15) is 0 Å². The zero-order valence-electron chi connectivity index (χ0n) is 8.46. The molecule has 1 aliphatic heterocycles. The zero-order chi connectivity index (χ0) is 9.10. The fourth-order valence-electron chi connectivity index (χ4n) is 1.90. The Labute approximate surface area is 80.4 Å². The Morgan fingerprint density at radius 2 is 2.23 bits per heavy atom. The molecule has 0 radical (unpaired) electrons. The van der Waals surface area contributed by atoms with Crippen LogP contribution in [0.3, 0.4) is 0 Å². The number of hydrogen-bond acceptors (Lipinski definition) is 3. The number of nitrogens with zero attached hydrogens (tertiary/aromatic N) is 1. The predicted molar refractivity (Wildman–Crippen MR) is 52.8 cm³/mol. The van der Waals surface area contributed by atoms with Crippen LogP contribution in [-0.2, 0) is 4.74 Å². The third kappa shape index (κ3) is 3.25. The molecule has 1 saturated heterocycles. The number of likely N-dealkylation sites (N-methyl/N-ethyl adjacent to an activating group) is 1. The van der Waals surface area contributed by atoms with Gasteiger partial charge in [-0.1, -0.05) is 0 Å². The molecule has 1 saturated carbocycles. The molecule has 76 valence electrons. The second kappa shape index (κ2) is 4.40. The SMILES string of the molecule is CN(CC1CC1)C[C@H]1CNCCO1. The minimum Gasteiger partial charge on any atom is -0.374 e. The average Bonchev–Trinajstić information content (AvgIpc) is 2.90. The van der Waals surface area contributed by atoms with Crippen molar-refractivity contribution in [2.24, 2.45) is 5.92 Å². The zero-order valence-corrected chi connectivity index (χ0v) is 8.46. The van der Waals surface area contributed by atoms with Crippen LogP contribution in [0.5, 0.6) is 0 Å². The number of ether oxygens (including phenoxy) is 1. The summed E-state index contributed by atoms with van der Waals surface area (Å²) in [6, 6.07) is 0. The summed E-state index contributed by atoms with van der Waals surface area (Å²) in [6.45, 7) is 5.27. The molecule has 1 heterocycles. The quantitative estimate of drug-likeness (QED) is 0.681. The lowest BCUT2D eigenvalue weighted by Gasteiger charge is -2.27. The normalized spacial score (nSPS) is 29.5. The van der Waals surface area contributed by atoms with E-state index in [1.54, 1.807) is 0 Å². The Kier molecular flexibility index (Phi) is 3.19. The van der Waals surface area contributed by atoms with Crippen molar-refractivity contribution >= 4 is 0 Å². The fourth-order valence-corrected chi connectivity index (χ4v) is 1.90. The summed E-state index contributed by atoms with van der Waals surface area (Å²) in [6.07, 6.45) is 3.29. The van der Waals surface area contributed by atoms with Crippen LogP contribution in [0.1, 0.15) is 12.8 Å². The van der Waals surface area contributed by atoms with E-state index in [0.717, 1.165) is 32.2 Å². The molecule has 0 aromatic heterocycles. The Morgan fingerprint density at radius 1 is 1.38 bits per heavy atom. The van der Waals surface area contributed by atoms with Crippen LogP contribution in [0.15, 0.2) is 0 Å². The summed E-state index contributed by atoms with van der Waals surface area (Å²) in [5.41, 5.74) is 0. The maximum atomic E-state index is 5.65. The lowest BCUT2D eigenvalue weighted by Crippen LogP contribution is -2.44. The minimum atomic E-state index is 0.414. The van der Waals surface area contributed by atoms with Crippen molar-refractivity contribution < 1.29 is 4.74 Å². The molecule has 3 nitrogen and oxygen atoms in total. The highest BCUT2D eigenvalue weighted by Crippen LogP contribution is 2.29. The van der Waals surface area contributed by atoms with Crippen molar-refractivity contribution in [3.8, 4) is 0 Å². The fraction of sp³-hybridized carbons (Fsp3) is 1.00. The first kappa shape index (κ1) is 9.44. The van der Waals surface area contributed by atoms with Crippen molar-refractivity contribution in [3.05, 3.63) is 0 Å². The first-order chi connectivity index (χ1) is 6.34. The Balaban J connectivity index is 1.62. The molecule has 0 unspecified atom stereocenters. The predicted octanol–water partition coefficient (Wildman–Crippen LogP) is 0.317. The van der Waals surface area contributed by atoms with Crippen molar-refractivity contribution in [1.29, 1.82) is 0 Å². The van der Waals surface area contributed by atoms with Crippen LogP contribution >= 0.6 is 0 Å². The maximum absolute atomic E-state index is 5.65. The third-order valence-corrected chi connectivity index (χ3v) is 2.79. The van der Waals surface area contributed by atoms with E-state index in [9.17, 15) is 0 Å². The van der Waals surface area contributed by atoms with Gasteiger partial charge in [-0.05, 0) is 25.8 Å². The van der Waals surface area contributed by atoms with E-state index in [1.165, 1.54) is 19.4 Å². The lowest BCUT2D eigenvalue weighted by molar-refractivity contribution is 0.00945. The third-order valence-electron chi connectivity index (χ3n) is 2.79. The van der Waals surface area contributed by atoms with Gasteiger partial charge in [-0.15, -0.1) is 0 Å². The van der Waals surface area contributed by atoms with Crippen LogP contribution in [0, 0.1) is 5.92 Å². The van der Waals surface area contributed by atoms with E-state index < -0.39 is 0 Å². The molecule has 0 bridgehead atoms. The monoisotopic (exact) mass is 184 g/mol. The number of hydrogen-bond donors (Lipinski definition) is 1. The largest absolute Gasteiger partial charge is 0.374 e. The van der Waals surface area contributed by atoms with Gasteiger partial charge in [0.2, 0.25) is 0 Å². The van der Waals surface area contributed by atoms with E-state index in [0.29, 0.717) is 6.10 Å². The molecule has 0 spiro atoms. The molecule has 2 fully saturated rings. The van der Waals surface area contributed by atoms with Crippen molar-refractivity contribution in [3.63, 3.8) is 0 Å². The van der Waals surface area contributed by atoms with Gasteiger partial charge in [-0.25, -0.2) is 0 Å². The van der Waals surface area contributed by atoms with Crippen LogP contribution in [-0.4, -0.2) is 50.8 Å². The summed E-state index contributed by atoms with van der Waals surface area (Å²) < 4.78 is 5.65. The van der Waals surface area contributed by atoms with Gasteiger partial charge in [-0.3, -0.25) is 0 Å². The Bertz CT molecular complexity index is 153. The van der Waals surface area contributed by atoms with Crippen molar-refractivity contribution in [1.82, 2.24) is 10.2 Å². The summed E-state index contributed by atoms with van der Waals surface area (Å²) in [5, 5.41) is 3.36. The van der Waals surface area contributed by atoms with Gasteiger partial charge in [0.25, 0.3) is 0 Å². The van der Waals surface area contributed by atoms with Crippen molar-refractivity contribution in [2.45, 2.75) is 18.9 Å². The summed E-state index contributed by atoms with van der Waals surface area (Å²) in [5.74, 6) is 0.988. The van der Waals surface area contributed by atoms with Crippen LogP contribution in [0.4, 0.5) is 0 Å². The molecule has 1 aliphatic carbocycles. The number of morpholine rings is 1. The molecule has 2 aliphatic rings. The molecule has 2 rings (SSSR count). The number of rotatable bonds is 4. The first-order valence-electron chi connectivity index (χ1n) is 5.35. The van der Waals surface area contributed by atoms with E-state index in [2.05, 4.69) is 17.3 Å². The second-order valence-electron chi connectivity index (χ2n) is 4.36. The van der Waals surface area contributed by atoms with Crippen LogP contribution in [0.2, 0.25) is 0 Å². The molecular formula is C10H20N2O. The molecule has 13 heavy (non-hydrogen) atoms. The minimum absolute atomic E-state index is 0.414. The number of nitrogens with one attached hydrogen (secondary N) is 1. The smallest absolute Gasteiger partial charge is 0.0826 e. The van der Waals surface area contributed by atoms with Gasteiger partial charge in [0.15, 0.2) is 0 Å². The van der Waals surface area contributed by atoms with E-state index >= 15 is 0 Å².